The number of ketones is 2. The molecule has 6 saturated heterocycles. The summed E-state index contributed by atoms with van der Waals surface area (Å²) in [5.41, 5.74) is -11.5. The average molecular weight is 543 g/mol. The van der Waals surface area contributed by atoms with Gasteiger partial charge in [-0.25, -0.2) is 9.59 Å². The quantitative estimate of drug-likeness (QED) is 0.311. The first-order valence-electron chi connectivity index (χ1n) is 13.9. The molecule has 0 unspecified atom stereocenters. The van der Waals surface area contributed by atoms with Gasteiger partial charge in [-0.2, -0.15) is 0 Å². The molecule has 2 N–H and O–H groups in total. The Balaban J connectivity index is 1.35. The number of carbonyl (C=O) groups is 4. The van der Waals surface area contributed by atoms with Crippen molar-refractivity contribution in [3.05, 3.63) is 12.2 Å². The van der Waals surface area contributed by atoms with Crippen LogP contribution >= 0.6 is 0 Å². The van der Waals surface area contributed by atoms with E-state index >= 15 is 0 Å². The summed E-state index contributed by atoms with van der Waals surface area (Å²) in [6.07, 6.45) is 2.93. The van der Waals surface area contributed by atoms with E-state index in [1.807, 2.05) is 13.0 Å². The Bertz CT molecular complexity index is 1390. The first-order valence-corrected chi connectivity index (χ1v) is 13.9. The topological polar surface area (TPSA) is 158 Å². The standard InChI is InChI=1S/C28H30O11/c1-21-10-16-23(3)28-17(21)18(30)27(39-28,35-11-25(21,34)19(31)36-16)13-9-15-26(37-15)7-4-5-14(29)22(26,2)12(13)6-8-24(28,33)20(32)38-23/h4-5,12-13,15-17,33-34H,6-11H2,1-3H3/t12-,13+,15+,16+,17-,21-,22-,23-,24-,25+,26+,27+,28-/m0/s1. The van der Waals surface area contributed by atoms with Gasteiger partial charge in [0.25, 0.3) is 0 Å². The molecule has 9 rings (SSSR count). The molecule has 3 aliphatic carbocycles. The molecule has 6 heterocycles. The van der Waals surface area contributed by atoms with E-state index in [1.165, 1.54) is 6.92 Å². The van der Waals surface area contributed by atoms with Gasteiger partial charge in [-0.3, -0.25) is 9.59 Å². The summed E-state index contributed by atoms with van der Waals surface area (Å²) in [5, 5.41) is 24.4. The van der Waals surface area contributed by atoms with Crippen molar-refractivity contribution in [2.45, 2.75) is 98.9 Å². The summed E-state index contributed by atoms with van der Waals surface area (Å²) in [7, 11) is 0. The molecule has 0 aromatic rings. The molecule has 2 saturated carbocycles. The lowest BCUT2D eigenvalue weighted by Gasteiger charge is -2.64. The van der Waals surface area contributed by atoms with E-state index in [0.29, 0.717) is 12.8 Å². The molecular formula is C28H30O11. The Morgan fingerprint density at radius 1 is 0.974 bits per heavy atom. The van der Waals surface area contributed by atoms with Gasteiger partial charge in [-0.1, -0.05) is 13.0 Å². The number of aliphatic hydroxyl groups is 2. The Labute approximate surface area is 223 Å². The lowest BCUT2D eigenvalue weighted by atomic mass is 9.45. The summed E-state index contributed by atoms with van der Waals surface area (Å²) >= 11 is 0. The lowest BCUT2D eigenvalue weighted by molar-refractivity contribution is -0.391. The summed E-state index contributed by atoms with van der Waals surface area (Å²) in [6.45, 7) is 4.42. The third-order valence-corrected chi connectivity index (χ3v) is 13.1. The van der Waals surface area contributed by atoms with Crippen molar-refractivity contribution in [2.75, 3.05) is 6.61 Å². The zero-order valence-corrected chi connectivity index (χ0v) is 21.9. The SMILES string of the molecule is C[C@@]12C[C@H]3OC(=O)[C@]1(O)CO[C@]14O[C@@]5([C@H]2C1=O)[C@@]3(C)OC(=O)[C@@]5(O)CC[C@H]1[C@H]4C[C@H]2O[C@]23CC=CC(=O)[C@]13C. The molecule has 0 radical (unpaired) electrons. The van der Waals surface area contributed by atoms with Crippen LogP contribution in [0.5, 0.6) is 0 Å². The number of rotatable bonds is 0. The summed E-state index contributed by atoms with van der Waals surface area (Å²) in [5.74, 6) is -7.24. The predicted molar refractivity (Wildman–Crippen MR) is 123 cm³/mol. The highest BCUT2D eigenvalue weighted by atomic mass is 16.8. The second-order valence-electron chi connectivity index (χ2n) is 14.0. The molecule has 0 aromatic carbocycles. The van der Waals surface area contributed by atoms with E-state index in [0.717, 1.165) is 0 Å². The fourth-order valence-electron chi connectivity index (χ4n) is 10.9. The van der Waals surface area contributed by atoms with E-state index in [1.54, 1.807) is 13.0 Å². The van der Waals surface area contributed by atoms with Crippen LogP contribution in [-0.2, 0) is 42.9 Å². The maximum absolute atomic E-state index is 15.0. The minimum atomic E-state index is -2.32. The smallest absolute Gasteiger partial charge is 0.342 e. The van der Waals surface area contributed by atoms with Gasteiger partial charge in [-0.05, 0) is 57.9 Å². The second-order valence-corrected chi connectivity index (χ2v) is 14.0. The molecular weight excluding hydrogens is 512 g/mol. The molecule has 11 nitrogen and oxygen atoms in total. The van der Waals surface area contributed by atoms with Crippen molar-refractivity contribution in [1.29, 1.82) is 0 Å². The highest BCUT2D eigenvalue weighted by molar-refractivity contribution is 6.01. The van der Waals surface area contributed by atoms with Crippen LogP contribution in [0.2, 0.25) is 0 Å². The Morgan fingerprint density at radius 2 is 1.74 bits per heavy atom. The van der Waals surface area contributed by atoms with Crippen LogP contribution in [0.3, 0.4) is 0 Å². The molecule has 9 aliphatic rings. The van der Waals surface area contributed by atoms with Gasteiger partial charge >= 0.3 is 11.9 Å². The van der Waals surface area contributed by atoms with E-state index in [2.05, 4.69) is 0 Å². The third kappa shape index (κ3) is 1.85. The number of ether oxygens (including phenoxy) is 5. The van der Waals surface area contributed by atoms with Gasteiger partial charge in [0.05, 0.1) is 24.0 Å². The number of hydrogen-bond acceptors (Lipinski definition) is 11. The molecule has 8 fully saturated rings. The van der Waals surface area contributed by atoms with Gasteiger partial charge in [0, 0.05) is 11.3 Å². The summed E-state index contributed by atoms with van der Waals surface area (Å²) in [6, 6.07) is 0. The highest BCUT2D eigenvalue weighted by Crippen LogP contribution is 2.77. The molecule has 6 aliphatic heterocycles. The third-order valence-electron chi connectivity index (χ3n) is 13.1. The van der Waals surface area contributed by atoms with Gasteiger partial charge in [-0.15, -0.1) is 0 Å². The maximum Gasteiger partial charge on any atom is 0.342 e. The molecule has 3 spiro atoms. The number of allylic oxidation sites excluding steroid dienone is 1. The zero-order chi connectivity index (χ0) is 27.4. The molecule has 11 heteroatoms. The first kappa shape index (κ1) is 23.5. The van der Waals surface area contributed by atoms with Crippen molar-refractivity contribution in [1.82, 2.24) is 0 Å². The van der Waals surface area contributed by atoms with Crippen LogP contribution in [0.25, 0.3) is 0 Å². The maximum atomic E-state index is 15.0. The largest absolute Gasteiger partial charge is 0.456 e. The Morgan fingerprint density at radius 3 is 2.51 bits per heavy atom. The predicted octanol–water partition coefficient (Wildman–Crippen LogP) is -0.117. The van der Waals surface area contributed by atoms with Crippen LogP contribution in [0.1, 0.15) is 52.9 Å². The van der Waals surface area contributed by atoms with Crippen LogP contribution in [-0.4, -0.2) is 86.3 Å². The molecule has 0 amide bonds. The summed E-state index contributed by atoms with van der Waals surface area (Å²) in [4.78, 5) is 55.8. The molecule has 0 aromatic heterocycles. The fourth-order valence-corrected chi connectivity index (χ4v) is 10.9. The minimum absolute atomic E-state index is 0.0139. The normalized spacial score (nSPS) is 64.7. The average Bonchev–Trinajstić information content (AvgIpc) is 3.47. The van der Waals surface area contributed by atoms with Crippen LogP contribution in [0, 0.1) is 28.6 Å². The number of fused-ring (bicyclic) bond motifs is 4. The van der Waals surface area contributed by atoms with E-state index in [9.17, 15) is 29.4 Å². The fraction of sp³-hybridized carbons (Fsp3) is 0.786. The number of epoxide rings is 1. The van der Waals surface area contributed by atoms with Crippen molar-refractivity contribution >= 4 is 23.5 Å². The van der Waals surface area contributed by atoms with Crippen LogP contribution < -0.4 is 0 Å². The van der Waals surface area contributed by atoms with Crippen molar-refractivity contribution < 1.29 is 53.1 Å². The van der Waals surface area contributed by atoms with E-state index in [4.69, 9.17) is 23.7 Å². The van der Waals surface area contributed by atoms with Crippen molar-refractivity contribution in [3.63, 3.8) is 0 Å². The number of carbonyl (C=O) groups excluding carboxylic acids is 4. The van der Waals surface area contributed by atoms with E-state index < -0.39 is 92.8 Å². The summed E-state index contributed by atoms with van der Waals surface area (Å²) < 4.78 is 31.1. The molecule has 5 bridgehead atoms. The Hall–Kier alpha value is -2.18. The van der Waals surface area contributed by atoms with Crippen molar-refractivity contribution in [3.8, 4) is 0 Å². The second kappa shape index (κ2) is 5.90. The zero-order valence-electron chi connectivity index (χ0n) is 21.9. The van der Waals surface area contributed by atoms with Crippen LogP contribution in [0.15, 0.2) is 12.2 Å². The number of Topliss-reactive ketones (excluding diaryl/α,β-unsaturated/α-hetero) is 1. The molecule has 13 atom stereocenters. The van der Waals surface area contributed by atoms with E-state index in [-0.39, 0.29) is 31.1 Å². The lowest BCUT2D eigenvalue weighted by Crippen LogP contribution is -2.82. The molecule has 208 valence electrons. The van der Waals surface area contributed by atoms with Gasteiger partial charge < -0.3 is 33.9 Å². The molecule has 39 heavy (non-hydrogen) atoms. The minimum Gasteiger partial charge on any atom is -0.456 e. The van der Waals surface area contributed by atoms with Gasteiger partial charge in [0.15, 0.2) is 34.0 Å². The number of esters is 2. The highest BCUT2D eigenvalue weighted by Gasteiger charge is 2.95. The number of hydrogen-bond donors (Lipinski definition) is 2. The first-order chi connectivity index (χ1) is 18.2. The van der Waals surface area contributed by atoms with Crippen LogP contribution in [0.4, 0.5) is 0 Å². The Kier molecular flexibility index (Phi) is 3.56. The van der Waals surface area contributed by atoms with Crippen molar-refractivity contribution in [2.24, 2.45) is 28.6 Å². The van der Waals surface area contributed by atoms with Gasteiger partial charge in [0.2, 0.25) is 5.79 Å². The monoisotopic (exact) mass is 542 g/mol. The van der Waals surface area contributed by atoms with Gasteiger partial charge in [0.1, 0.15) is 11.7 Å².